The van der Waals surface area contributed by atoms with E-state index < -0.39 is 5.82 Å². The van der Waals surface area contributed by atoms with Crippen molar-refractivity contribution in [2.24, 2.45) is 5.92 Å². The zero-order valence-corrected chi connectivity index (χ0v) is 9.41. The molecule has 4 nitrogen and oxygen atoms in total. The number of hydrogen-bond acceptors (Lipinski definition) is 4. The fourth-order valence-corrected chi connectivity index (χ4v) is 2.01. The maximum absolute atomic E-state index is 12.6. The van der Waals surface area contributed by atoms with Gasteiger partial charge in [-0.25, -0.2) is 14.4 Å². The summed E-state index contributed by atoms with van der Waals surface area (Å²) in [6.07, 6.45) is 4.78. The monoisotopic (exact) mass is 224 g/mol. The van der Waals surface area contributed by atoms with Gasteiger partial charge >= 0.3 is 0 Å². The van der Waals surface area contributed by atoms with Gasteiger partial charge in [-0.2, -0.15) is 0 Å². The molecule has 1 aliphatic heterocycles. The van der Waals surface area contributed by atoms with E-state index in [9.17, 15) is 4.39 Å². The van der Waals surface area contributed by atoms with Crippen molar-refractivity contribution in [3.05, 3.63) is 18.2 Å². The topological polar surface area (TPSA) is 49.8 Å². The van der Waals surface area contributed by atoms with Crippen molar-refractivity contribution in [2.45, 2.75) is 25.8 Å². The summed E-state index contributed by atoms with van der Waals surface area (Å²) in [7, 11) is 0. The first-order valence-corrected chi connectivity index (χ1v) is 5.70. The molecule has 2 unspecified atom stereocenters. The quantitative estimate of drug-likeness (QED) is 0.815. The Balaban J connectivity index is 1.90. The molecule has 5 heteroatoms. The normalized spacial score (nSPS) is 22.8. The molecule has 2 heterocycles. The summed E-state index contributed by atoms with van der Waals surface area (Å²) < 4.78 is 12.6. The smallest absolute Gasteiger partial charge is 0.222 e. The van der Waals surface area contributed by atoms with Crippen molar-refractivity contribution in [3.63, 3.8) is 0 Å². The molecular weight excluding hydrogens is 207 g/mol. The molecule has 1 aliphatic rings. The number of piperidine rings is 1. The van der Waals surface area contributed by atoms with Crippen LogP contribution in [-0.4, -0.2) is 29.1 Å². The second kappa shape index (κ2) is 5.21. The van der Waals surface area contributed by atoms with Crippen LogP contribution < -0.4 is 10.6 Å². The number of nitrogens with one attached hydrogen (secondary N) is 2. The summed E-state index contributed by atoms with van der Waals surface area (Å²) in [4.78, 5) is 7.79. The van der Waals surface area contributed by atoms with Crippen molar-refractivity contribution in [1.29, 1.82) is 0 Å². The lowest BCUT2D eigenvalue weighted by molar-refractivity contribution is 0.346. The van der Waals surface area contributed by atoms with E-state index in [1.807, 2.05) is 0 Å². The highest BCUT2D eigenvalue weighted by Gasteiger charge is 2.20. The highest BCUT2D eigenvalue weighted by molar-refractivity contribution is 5.24. The third-order valence-electron chi connectivity index (χ3n) is 3.02. The predicted octanol–water partition coefficient (Wildman–Crippen LogP) is 1.42. The van der Waals surface area contributed by atoms with Gasteiger partial charge in [-0.3, -0.25) is 0 Å². The van der Waals surface area contributed by atoms with Crippen LogP contribution in [0.5, 0.6) is 0 Å². The van der Waals surface area contributed by atoms with E-state index in [1.165, 1.54) is 25.2 Å². The van der Waals surface area contributed by atoms with Gasteiger partial charge in [-0.15, -0.1) is 0 Å². The average molecular weight is 224 g/mol. The molecule has 0 radical (unpaired) electrons. The molecule has 2 rings (SSSR count). The summed E-state index contributed by atoms with van der Waals surface area (Å²) in [5, 5.41) is 6.58. The van der Waals surface area contributed by atoms with Crippen LogP contribution in [0.25, 0.3) is 0 Å². The van der Waals surface area contributed by atoms with Crippen LogP contribution in [0.4, 0.5) is 10.3 Å². The molecule has 0 amide bonds. The standard InChI is InChI=1S/C11H17FN4/c1-8(9-3-2-4-13-5-9)16-11-14-6-10(12)7-15-11/h6-9,13H,2-5H2,1H3,(H,14,15,16). The molecular formula is C11H17FN4. The maximum atomic E-state index is 12.6. The van der Waals surface area contributed by atoms with Crippen LogP contribution in [0.1, 0.15) is 19.8 Å². The number of anilines is 1. The first kappa shape index (κ1) is 11.3. The molecule has 1 saturated heterocycles. The number of hydrogen-bond donors (Lipinski definition) is 2. The van der Waals surface area contributed by atoms with E-state index >= 15 is 0 Å². The molecule has 88 valence electrons. The lowest BCUT2D eigenvalue weighted by Crippen LogP contribution is -2.39. The zero-order chi connectivity index (χ0) is 11.4. The van der Waals surface area contributed by atoms with Gasteiger partial charge in [0.15, 0.2) is 5.82 Å². The van der Waals surface area contributed by atoms with Gasteiger partial charge in [-0.05, 0) is 38.8 Å². The Morgan fingerprint density at radius 3 is 2.88 bits per heavy atom. The van der Waals surface area contributed by atoms with E-state index in [0.717, 1.165) is 13.1 Å². The molecule has 2 N–H and O–H groups in total. The second-order valence-electron chi connectivity index (χ2n) is 4.26. The second-order valence-corrected chi connectivity index (χ2v) is 4.26. The van der Waals surface area contributed by atoms with E-state index in [-0.39, 0.29) is 0 Å². The third kappa shape index (κ3) is 2.88. The fraction of sp³-hybridized carbons (Fsp3) is 0.636. The molecule has 0 aromatic carbocycles. The van der Waals surface area contributed by atoms with Crippen molar-refractivity contribution in [1.82, 2.24) is 15.3 Å². The average Bonchev–Trinajstić information content (AvgIpc) is 2.33. The highest BCUT2D eigenvalue weighted by Crippen LogP contribution is 2.16. The Bertz CT molecular complexity index is 321. The molecule has 1 aromatic rings. The number of nitrogens with zero attached hydrogens (tertiary/aromatic N) is 2. The van der Waals surface area contributed by atoms with E-state index in [0.29, 0.717) is 17.9 Å². The van der Waals surface area contributed by atoms with Crippen LogP contribution >= 0.6 is 0 Å². The molecule has 0 saturated carbocycles. The molecule has 0 aliphatic carbocycles. The number of rotatable bonds is 3. The van der Waals surface area contributed by atoms with Gasteiger partial charge in [0.05, 0.1) is 12.4 Å². The lowest BCUT2D eigenvalue weighted by Gasteiger charge is -2.28. The Hall–Kier alpha value is -1.23. The van der Waals surface area contributed by atoms with Crippen LogP contribution in [0, 0.1) is 11.7 Å². The van der Waals surface area contributed by atoms with Crippen LogP contribution in [-0.2, 0) is 0 Å². The summed E-state index contributed by atoms with van der Waals surface area (Å²) in [5.41, 5.74) is 0. The Morgan fingerprint density at radius 1 is 1.50 bits per heavy atom. The van der Waals surface area contributed by atoms with Gasteiger partial charge in [-0.1, -0.05) is 0 Å². The van der Waals surface area contributed by atoms with Crippen molar-refractivity contribution in [3.8, 4) is 0 Å². The van der Waals surface area contributed by atoms with E-state index in [2.05, 4.69) is 27.5 Å². The molecule has 0 bridgehead atoms. The zero-order valence-electron chi connectivity index (χ0n) is 9.41. The van der Waals surface area contributed by atoms with Crippen LogP contribution in [0.3, 0.4) is 0 Å². The molecule has 1 fully saturated rings. The van der Waals surface area contributed by atoms with Gasteiger partial charge in [0.25, 0.3) is 0 Å². The minimum absolute atomic E-state index is 0.304. The lowest BCUT2D eigenvalue weighted by atomic mass is 9.93. The summed E-state index contributed by atoms with van der Waals surface area (Å²) in [6.45, 7) is 4.25. The summed E-state index contributed by atoms with van der Waals surface area (Å²) in [5.74, 6) is 0.680. The molecule has 0 spiro atoms. The van der Waals surface area contributed by atoms with E-state index in [1.54, 1.807) is 0 Å². The number of aromatic nitrogens is 2. The summed E-state index contributed by atoms with van der Waals surface area (Å²) >= 11 is 0. The van der Waals surface area contributed by atoms with Gasteiger partial charge in [0.1, 0.15) is 0 Å². The first-order valence-electron chi connectivity index (χ1n) is 5.70. The van der Waals surface area contributed by atoms with Crippen molar-refractivity contribution in [2.75, 3.05) is 18.4 Å². The molecule has 1 aromatic heterocycles. The highest BCUT2D eigenvalue weighted by atomic mass is 19.1. The van der Waals surface area contributed by atoms with Gasteiger partial charge in [0, 0.05) is 6.04 Å². The Labute approximate surface area is 94.7 Å². The Morgan fingerprint density at radius 2 is 2.25 bits per heavy atom. The van der Waals surface area contributed by atoms with Crippen molar-refractivity contribution < 1.29 is 4.39 Å². The maximum Gasteiger partial charge on any atom is 0.222 e. The first-order chi connectivity index (χ1) is 7.75. The fourth-order valence-electron chi connectivity index (χ4n) is 2.01. The Kier molecular flexibility index (Phi) is 3.66. The predicted molar refractivity (Wildman–Crippen MR) is 60.7 cm³/mol. The van der Waals surface area contributed by atoms with Crippen molar-refractivity contribution >= 4 is 5.95 Å². The minimum Gasteiger partial charge on any atom is -0.351 e. The summed E-state index contributed by atoms with van der Waals surface area (Å²) in [6, 6.07) is 0.304. The minimum atomic E-state index is -0.405. The van der Waals surface area contributed by atoms with E-state index in [4.69, 9.17) is 0 Å². The largest absolute Gasteiger partial charge is 0.351 e. The number of halogens is 1. The molecule has 16 heavy (non-hydrogen) atoms. The van der Waals surface area contributed by atoms with Gasteiger partial charge < -0.3 is 10.6 Å². The molecule has 2 atom stereocenters. The van der Waals surface area contributed by atoms with Crippen LogP contribution in [0.2, 0.25) is 0 Å². The van der Waals surface area contributed by atoms with Gasteiger partial charge in [0.2, 0.25) is 5.95 Å². The SMILES string of the molecule is CC(Nc1ncc(F)cn1)C1CCCNC1. The van der Waals surface area contributed by atoms with Crippen LogP contribution in [0.15, 0.2) is 12.4 Å². The third-order valence-corrected chi connectivity index (χ3v) is 3.02.